The number of fused-ring (bicyclic) bond motifs is 1. The minimum atomic E-state index is -0.641. The molecule has 0 saturated carbocycles. The molecule has 2 aliphatic heterocycles. The molecule has 0 unspecified atom stereocenters. The van der Waals surface area contributed by atoms with Crippen molar-refractivity contribution in [2.45, 2.75) is 6.92 Å². The number of anilines is 2. The zero-order valence-corrected chi connectivity index (χ0v) is 16.6. The van der Waals surface area contributed by atoms with Crippen LogP contribution < -0.4 is 26.2 Å². The summed E-state index contributed by atoms with van der Waals surface area (Å²) in [5.74, 6) is -0.961. The lowest BCUT2D eigenvalue weighted by Gasteiger charge is -2.35. The molecule has 10 nitrogen and oxygen atoms in total. The van der Waals surface area contributed by atoms with Gasteiger partial charge in [0.2, 0.25) is 5.91 Å². The largest absolute Gasteiger partial charge is 0.494 e. The number of hydrogen-bond donors (Lipinski definition) is 2. The van der Waals surface area contributed by atoms with Crippen LogP contribution in [0.25, 0.3) is 5.69 Å². The van der Waals surface area contributed by atoms with Crippen LogP contribution in [0.15, 0.2) is 29.1 Å². The number of nitrogens with zero attached hydrogens (tertiary/aromatic N) is 3. The van der Waals surface area contributed by atoms with Gasteiger partial charge in [-0.15, -0.1) is 0 Å². The van der Waals surface area contributed by atoms with E-state index < -0.39 is 17.4 Å². The van der Waals surface area contributed by atoms with Crippen LogP contribution in [-0.2, 0) is 4.79 Å². The van der Waals surface area contributed by atoms with E-state index in [-0.39, 0.29) is 22.9 Å². The molecule has 3 N–H and O–H groups in total. The first-order valence-corrected chi connectivity index (χ1v) is 9.42. The summed E-state index contributed by atoms with van der Waals surface area (Å²) in [6, 6.07) is 6.39. The summed E-state index contributed by atoms with van der Waals surface area (Å²) in [5.41, 5.74) is 6.76. The van der Waals surface area contributed by atoms with Gasteiger partial charge >= 0.3 is 0 Å². The van der Waals surface area contributed by atoms with E-state index in [9.17, 15) is 19.2 Å². The van der Waals surface area contributed by atoms with E-state index in [1.807, 2.05) is 6.07 Å². The number of methoxy groups -OCH3 is 1. The van der Waals surface area contributed by atoms with Crippen molar-refractivity contribution in [1.82, 2.24) is 14.8 Å². The second kappa shape index (κ2) is 7.21. The quantitative estimate of drug-likeness (QED) is 0.680. The predicted molar refractivity (Wildman–Crippen MR) is 109 cm³/mol. The zero-order chi connectivity index (χ0) is 21.6. The molecule has 3 amide bonds. The third kappa shape index (κ3) is 3.06. The number of imide groups is 1. The van der Waals surface area contributed by atoms with Crippen molar-refractivity contribution in [3.63, 3.8) is 0 Å². The van der Waals surface area contributed by atoms with Crippen molar-refractivity contribution in [3.05, 3.63) is 45.7 Å². The first-order chi connectivity index (χ1) is 14.3. The van der Waals surface area contributed by atoms with Crippen LogP contribution in [-0.4, -0.2) is 60.5 Å². The summed E-state index contributed by atoms with van der Waals surface area (Å²) in [4.78, 5) is 52.1. The van der Waals surface area contributed by atoms with Gasteiger partial charge in [-0.05, 0) is 12.1 Å². The lowest BCUT2D eigenvalue weighted by molar-refractivity contribution is -0.129. The Hall–Kier alpha value is -3.82. The molecule has 1 aromatic heterocycles. The maximum Gasteiger partial charge on any atom is 0.262 e. The van der Waals surface area contributed by atoms with Crippen molar-refractivity contribution in [3.8, 4) is 11.4 Å². The van der Waals surface area contributed by atoms with E-state index in [0.29, 0.717) is 37.6 Å². The van der Waals surface area contributed by atoms with Gasteiger partial charge in [0.15, 0.2) is 0 Å². The fraction of sp³-hybridized carbons (Fsp3) is 0.300. The number of aromatic nitrogens is 1. The Balaban J connectivity index is 1.73. The Morgan fingerprint density at radius 3 is 2.40 bits per heavy atom. The molecular formula is C20H21N5O5. The van der Waals surface area contributed by atoms with Crippen LogP contribution in [0.4, 0.5) is 11.5 Å². The maximum atomic E-state index is 12.7. The van der Waals surface area contributed by atoms with E-state index in [1.165, 1.54) is 7.11 Å². The van der Waals surface area contributed by atoms with Gasteiger partial charge in [0.25, 0.3) is 17.4 Å². The summed E-state index contributed by atoms with van der Waals surface area (Å²) >= 11 is 0. The Bertz CT molecular complexity index is 1130. The van der Waals surface area contributed by atoms with Crippen LogP contribution in [0.5, 0.6) is 5.75 Å². The number of nitrogen functional groups attached to an aromatic ring is 1. The number of carbonyl (C=O) groups excluding carboxylic acids is 3. The van der Waals surface area contributed by atoms with E-state index in [1.54, 1.807) is 24.0 Å². The molecule has 0 atom stereocenters. The number of amides is 3. The number of nitrogens with one attached hydrogen (secondary N) is 1. The summed E-state index contributed by atoms with van der Waals surface area (Å²) < 4.78 is 6.65. The van der Waals surface area contributed by atoms with Crippen molar-refractivity contribution in [2.75, 3.05) is 43.9 Å². The molecular weight excluding hydrogens is 390 g/mol. The molecule has 0 spiro atoms. The first kappa shape index (κ1) is 19.5. The highest BCUT2D eigenvalue weighted by Gasteiger charge is 2.32. The average molecular weight is 411 g/mol. The fourth-order valence-electron chi connectivity index (χ4n) is 3.86. The number of nitrogens with two attached hydrogens (primary N) is 1. The summed E-state index contributed by atoms with van der Waals surface area (Å²) in [7, 11) is 1.47. The van der Waals surface area contributed by atoms with Gasteiger partial charge in [0, 0.05) is 50.9 Å². The monoisotopic (exact) mass is 411 g/mol. The second-order valence-electron chi connectivity index (χ2n) is 7.12. The number of hydrogen-bond acceptors (Lipinski definition) is 7. The number of benzene rings is 1. The predicted octanol–water partition coefficient (Wildman–Crippen LogP) is -0.0196. The highest BCUT2D eigenvalue weighted by molar-refractivity contribution is 6.23. The SMILES string of the molecule is COc1cc(N2CCN(C(C)=O)CC2)ccc1-n1c(N)c2c(cc1=O)C(=O)NC2=O. The molecule has 156 valence electrons. The Kier molecular flexibility index (Phi) is 4.69. The molecule has 2 aliphatic rings. The van der Waals surface area contributed by atoms with Crippen molar-refractivity contribution >= 4 is 29.2 Å². The topological polar surface area (TPSA) is 127 Å². The Morgan fingerprint density at radius 1 is 1.07 bits per heavy atom. The van der Waals surface area contributed by atoms with Gasteiger partial charge in [-0.1, -0.05) is 0 Å². The number of rotatable bonds is 3. The molecule has 1 aromatic carbocycles. The average Bonchev–Trinajstić information content (AvgIpc) is 3.01. The fourth-order valence-corrected chi connectivity index (χ4v) is 3.86. The molecule has 0 aliphatic carbocycles. The van der Waals surface area contributed by atoms with Crippen LogP contribution in [0.1, 0.15) is 27.6 Å². The standard InChI is InChI=1S/C20H21N5O5/c1-11(26)23-5-7-24(8-6-23)12-3-4-14(15(9-12)30-2)25-16(27)10-13-17(18(25)21)20(29)22-19(13)28/h3-4,9-10H,5-8,21H2,1-2H3,(H,22,28,29). The number of carbonyl (C=O) groups is 3. The third-order valence-electron chi connectivity index (χ3n) is 5.45. The minimum absolute atomic E-state index is 0.0221. The van der Waals surface area contributed by atoms with Crippen LogP contribution in [0.2, 0.25) is 0 Å². The van der Waals surface area contributed by atoms with Crippen LogP contribution in [0.3, 0.4) is 0 Å². The molecule has 10 heteroatoms. The van der Waals surface area contributed by atoms with Gasteiger partial charge in [0.05, 0.1) is 23.9 Å². The van der Waals surface area contributed by atoms with Gasteiger partial charge in [-0.25, -0.2) is 0 Å². The van der Waals surface area contributed by atoms with Gasteiger partial charge in [-0.3, -0.25) is 29.1 Å². The summed E-state index contributed by atoms with van der Waals surface area (Å²) in [6.45, 7) is 4.15. The smallest absolute Gasteiger partial charge is 0.262 e. The number of ether oxygens (including phenoxy) is 1. The zero-order valence-electron chi connectivity index (χ0n) is 16.6. The Labute approximate surface area is 171 Å². The maximum absolute atomic E-state index is 12.7. The molecule has 4 rings (SSSR count). The van der Waals surface area contributed by atoms with E-state index >= 15 is 0 Å². The van der Waals surface area contributed by atoms with E-state index in [4.69, 9.17) is 10.5 Å². The lowest BCUT2D eigenvalue weighted by Crippen LogP contribution is -2.48. The third-order valence-corrected chi connectivity index (χ3v) is 5.45. The van der Waals surface area contributed by atoms with Gasteiger partial charge in [0.1, 0.15) is 11.6 Å². The summed E-state index contributed by atoms with van der Waals surface area (Å²) in [5, 5.41) is 2.15. The number of pyridine rings is 1. The number of piperazine rings is 1. The highest BCUT2D eigenvalue weighted by Crippen LogP contribution is 2.31. The summed E-state index contributed by atoms with van der Waals surface area (Å²) in [6.07, 6.45) is 0. The van der Waals surface area contributed by atoms with E-state index in [0.717, 1.165) is 16.3 Å². The molecule has 2 aromatic rings. The van der Waals surface area contributed by atoms with Crippen LogP contribution in [0, 0.1) is 0 Å². The van der Waals surface area contributed by atoms with Crippen LogP contribution >= 0.6 is 0 Å². The van der Waals surface area contributed by atoms with Crippen molar-refractivity contribution < 1.29 is 19.1 Å². The molecule has 1 fully saturated rings. The van der Waals surface area contributed by atoms with Gasteiger partial charge < -0.3 is 20.3 Å². The minimum Gasteiger partial charge on any atom is -0.494 e. The van der Waals surface area contributed by atoms with Gasteiger partial charge in [-0.2, -0.15) is 0 Å². The second-order valence-corrected chi connectivity index (χ2v) is 7.12. The highest BCUT2D eigenvalue weighted by atomic mass is 16.5. The lowest BCUT2D eigenvalue weighted by atomic mass is 10.1. The molecule has 1 saturated heterocycles. The normalized spacial score (nSPS) is 15.8. The first-order valence-electron chi connectivity index (χ1n) is 9.42. The van der Waals surface area contributed by atoms with Crippen molar-refractivity contribution in [1.29, 1.82) is 0 Å². The molecule has 0 radical (unpaired) electrons. The molecule has 3 heterocycles. The van der Waals surface area contributed by atoms with E-state index in [2.05, 4.69) is 10.2 Å². The Morgan fingerprint density at radius 2 is 1.77 bits per heavy atom. The molecule has 30 heavy (non-hydrogen) atoms. The molecule has 0 bridgehead atoms. The van der Waals surface area contributed by atoms with Crippen molar-refractivity contribution in [2.24, 2.45) is 0 Å².